The van der Waals surface area contributed by atoms with Crippen LogP contribution >= 0.6 is 0 Å². The summed E-state index contributed by atoms with van der Waals surface area (Å²) in [5.74, 6) is 0.297. The number of ether oxygens (including phenoxy) is 1. The van der Waals surface area contributed by atoms with E-state index >= 15 is 0 Å². The third-order valence-corrected chi connectivity index (χ3v) is 4.46. The Balaban J connectivity index is 1.59. The Kier molecular flexibility index (Phi) is 6.49. The van der Waals surface area contributed by atoms with E-state index in [1.54, 1.807) is 36.4 Å². The first-order valence-electron chi connectivity index (χ1n) is 9.65. The van der Waals surface area contributed by atoms with Crippen molar-refractivity contribution in [2.75, 3.05) is 23.8 Å². The maximum atomic E-state index is 12.4. The van der Waals surface area contributed by atoms with Crippen LogP contribution in [0.4, 0.5) is 11.4 Å². The molecule has 3 rings (SSSR count). The SMILES string of the molecule is CC(C)CNC(=O)c1ccccc1NC(=O)COc1ccc2c(c1)CCC(=O)N2. The first-order chi connectivity index (χ1) is 13.9. The molecule has 2 aromatic rings. The highest BCUT2D eigenvalue weighted by Crippen LogP contribution is 2.26. The predicted octanol–water partition coefficient (Wildman–Crippen LogP) is 2.97. The molecule has 3 amide bonds. The van der Waals surface area contributed by atoms with Gasteiger partial charge in [-0.05, 0) is 48.2 Å². The van der Waals surface area contributed by atoms with Gasteiger partial charge in [0, 0.05) is 18.7 Å². The molecule has 0 bridgehead atoms. The van der Waals surface area contributed by atoms with Crippen LogP contribution in [-0.2, 0) is 16.0 Å². The van der Waals surface area contributed by atoms with Crippen LogP contribution in [0.25, 0.3) is 0 Å². The number of carbonyl (C=O) groups is 3. The second kappa shape index (κ2) is 9.23. The lowest BCUT2D eigenvalue weighted by atomic mass is 10.0. The molecule has 3 N–H and O–H groups in total. The van der Waals surface area contributed by atoms with E-state index < -0.39 is 0 Å². The lowest BCUT2D eigenvalue weighted by Gasteiger charge is -2.17. The molecule has 152 valence electrons. The number of para-hydroxylation sites is 1. The summed E-state index contributed by atoms with van der Waals surface area (Å²) in [6.07, 6.45) is 1.08. The molecule has 1 aliphatic rings. The summed E-state index contributed by atoms with van der Waals surface area (Å²) in [6, 6.07) is 12.2. The van der Waals surface area contributed by atoms with E-state index in [0.29, 0.717) is 42.3 Å². The number of aryl methyl sites for hydroxylation is 1. The summed E-state index contributed by atoms with van der Waals surface area (Å²) >= 11 is 0. The van der Waals surface area contributed by atoms with Gasteiger partial charge in [-0.3, -0.25) is 14.4 Å². The maximum absolute atomic E-state index is 12.4. The zero-order valence-electron chi connectivity index (χ0n) is 16.6. The number of fused-ring (bicyclic) bond motifs is 1. The van der Waals surface area contributed by atoms with Crippen LogP contribution in [0.2, 0.25) is 0 Å². The minimum atomic E-state index is -0.361. The number of benzene rings is 2. The van der Waals surface area contributed by atoms with Crippen molar-refractivity contribution < 1.29 is 19.1 Å². The topological polar surface area (TPSA) is 96.5 Å². The summed E-state index contributed by atoms with van der Waals surface area (Å²) in [7, 11) is 0. The molecule has 0 saturated heterocycles. The van der Waals surface area contributed by atoms with Crippen molar-refractivity contribution in [3.05, 3.63) is 53.6 Å². The molecule has 0 spiro atoms. The fraction of sp³-hybridized carbons (Fsp3) is 0.318. The molecule has 7 nitrogen and oxygen atoms in total. The molecule has 7 heteroatoms. The highest BCUT2D eigenvalue weighted by atomic mass is 16.5. The molecule has 0 aliphatic carbocycles. The lowest BCUT2D eigenvalue weighted by Crippen LogP contribution is -2.29. The number of amides is 3. The van der Waals surface area contributed by atoms with Gasteiger partial charge in [0.05, 0.1) is 11.3 Å². The maximum Gasteiger partial charge on any atom is 0.262 e. The molecule has 2 aromatic carbocycles. The van der Waals surface area contributed by atoms with Crippen LogP contribution in [0, 0.1) is 5.92 Å². The normalized spacial score (nSPS) is 12.7. The largest absolute Gasteiger partial charge is 0.484 e. The number of carbonyl (C=O) groups excluding carboxylic acids is 3. The lowest BCUT2D eigenvalue weighted by molar-refractivity contribution is -0.118. The van der Waals surface area contributed by atoms with Crippen molar-refractivity contribution in [1.29, 1.82) is 0 Å². The van der Waals surface area contributed by atoms with Gasteiger partial charge in [0.25, 0.3) is 11.8 Å². The van der Waals surface area contributed by atoms with E-state index in [4.69, 9.17) is 4.74 Å². The van der Waals surface area contributed by atoms with Crippen molar-refractivity contribution in [2.45, 2.75) is 26.7 Å². The number of hydrogen-bond donors (Lipinski definition) is 3. The Labute approximate surface area is 169 Å². The molecule has 0 aromatic heterocycles. The Morgan fingerprint density at radius 1 is 1.14 bits per heavy atom. The van der Waals surface area contributed by atoms with Crippen LogP contribution < -0.4 is 20.7 Å². The standard InChI is InChI=1S/C22H25N3O4/c1-14(2)12-23-22(28)17-5-3-4-6-19(17)25-21(27)13-29-16-8-9-18-15(11-16)7-10-20(26)24-18/h3-6,8-9,11,14H,7,10,12-13H2,1-2H3,(H,23,28)(H,24,26)(H,25,27). The highest BCUT2D eigenvalue weighted by molar-refractivity contribution is 6.04. The van der Waals surface area contributed by atoms with Gasteiger partial charge in [0.2, 0.25) is 5.91 Å². The molecule has 0 radical (unpaired) electrons. The van der Waals surface area contributed by atoms with Gasteiger partial charge in [-0.2, -0.15) is 0 Å². The van der Waals surface area contributed by atoms with Crippen LogP contribution in [0.5, 0.6) is 5.75 Å². The molecular weight excluding hydrogens is 370 g/mol. The van der Waals surface area contributed by atoms with Crippen molar-refractivity contribution in [1.82, 2.24) is 5.32 Å². The van der Waals surface area contributed by atoms with Gasteiger partial charge in [0.1, 0.15) is 5.75 Å². The zero-order valence-corrected chi connectivity index (χ0v) is 16.6. The molecule has 0 unspecified atom stereocenters. The summed E-state index contributed by atoms with van der Waals surface area (Å²) in [5, 5.41) is 8.39. The second-order valence-electron chi connectivity index (χ2n) is 7.35. The quantitative estimate of drug-likeness (QED) is 0.671. The van der Waals surface area contributed by atoms with E-state index in [1.165, 1.54) is 0 Å². The third-order valence-electron chi connectivity index (χ3n) is 4.46. The molecule has 1 heterocycles. The fourth-order valence-electron chi connectivity index (χ4n) is 2.97. The highest BCUT2D eigenvalue weighted by Gasteiger charge is 2.16. The van der Waals surface area contributed by atoms with Gasteiger partial charge in [-0.15, -0.1) is 0 Å². The Bertz CT molecular complexity index is 924. The summed E-state index contributed by atoms with van der Waals surface area (Å²) < 4.78 is 5.59. The predicted molar refractivity (Wildman–Crippen MR) is 111 cm³/mol. The molecule has 0 saturated carbocycles. The first-order valence-corrected chi connectivity index (χ1v) is 9.65. The minimum Gasteiger partial charge on any atom is -0.484 e. The molecular formula is C22H25N3O4. The number of rotatable bonds is 7. The van der Waals surface area contributed by atoms with E-state index in [9.17, 15) is 14.4 Å². The third kappa shape index (κ3) is 5.57. The zero-order chi connectivity index (χ0) is 20.8. The fourth-order valence-corrected chi connectivity index (χ4v) is 2.97. The van der Waals surface area contributed by atoms with Gasteiger partial charge < -0.3 is 20.7 Å². The molecule has 0 atom stereocenters. The number of anilines is 2. The van der Waals surface area contributed by atoms with Gasteiger partial charge in [-0.25, -0.2) is 0 Å². The van der Waals surface area contributed by atoms with E-state index in [-0.39, 0.29) is 24.3 Å². The summed E-state index contributed by atoms with van der Waals surface area (Å²) in [6.45, 7) is 4.40. The van der Waals surface area contributed by atoms with Crippen LogP contribution in [-0.4, -0.2) is 30.9 Å². The monoisotopic (exact) mass is 395 g/mol. The second-order valence-corrected chi connectivity index (χ2v) is 7.35. The van der Waals surface area contributed by atoms with E-state index in [0.717, 1.165) is 11.3 Å². The summed E-state index contributed by atoms with van der Waals surface area (Å²) in [5.41, 5.74) is 2.61. The molecule has 0 fully saturated rings. The number of nitrogens with one attached hydrogen (secondary N) is 3. The minimum absolute atomic E-state index is 0.00152. The van der Waals surface area contributed by atoms with E-state index in [2.05, 4.69) is 16.0 Å². The number of hydrogen-bond acceptors (Lipinski definition) is 4. The average molecular weight is 395 g/mol. The van der Waals surface area contributed by atoms with Crippen LogP contribution in [0.15, 0.2) is 42.5 Å². The smallest absolute Gasteiger partial charge is 0.262 e. The molecule has 29 heavy (non-hydrogen) atoms. The van der Waals surface area contributed by atoms with E-state index in [1.807, 2.05) is 19.9 Å². The van der Waals surface area contributed by atoms with Gasteiger partial charge >= 0.3 is 0 Å². The Hall–Kier alpha value is -3.35. The summed E-state index contributed by atoms with van der Waals surface area (Å²) in [4.78, 5) is 36.1. The van der Waals surface area contributed by atoms with Gasteiger partial charge in [-0.1, -0.05) is 26.0 Å². The van der Waals surface area contributed by atoms with Crippen molar-refractivity contribution in [2.24, 2.45) is 5.92 Å². The van der Waals surface area contributed by atoms with Crippen molar-refractivity contribution in [3.63, 3.8) is 0 Å². The first kappa shape index (κ1) is 20.4. The van der Waals surface area contributed by atoms with Gasteiger partial charge in [0.15, 0.2) is 6.61 Å². The van der Waals surface area contributed by atoms with Crippen LogP contribution in [0.1, 0.15) is 36.2 Å². The van der Waals surface area contributed by atoms with Crippen molar-refractivity contribution >= 4 is 29.1 Å². The Morgan fingerprint density at radius 2 is 1.93 bits per heavy atom. The van der Waals surface area contributed by atoms with Crippen molar-refractivity contribution in [3.8, 4) is 5.75 Å². The average Bonchev–Trinajstić information content (AvgIpc) is 2.70. The molecule has 1 aliphatic heterocycles. The van der Waals surface area contributed by atoms with Crippen LogP contribution in [0.3, 0.4) is 0 Å². The Morgan fingerprint density at radius 3 is 2.72 bits per heavy atom.